The van der Waals surface area contributed by atoms with Crippen molar-refractivity contribution < 1.29 is 49.0 Å². The van der Waals surface area contributed by atoms with Crippen molar-refractivity contribution in [3.8, 4) is 11.5 Å². The molecule has 0 aliphatic carbocycles. The molecule has 1 aromatic heterocycles. The lowest BCUT2D eigenvalue weighted by molar-refractivity contribution is -0.170. The Balaban J connectivity index is 0.000000302. The minimum Gasteiger partial charge on any atom is -0.497 e. The molecule has 1 aliphatic rings. The van der Waals surface area contributed by atoms with Gasteiger partial charge < -0.3 is 39.6 Å². The molecule has 0 radical (unpaired) electrons. The highest BCUT2D eigenvalue weighted by Gasteiger charge is 2.40. The van der Waals surface area contributed by atoms with Crippen molar-refractivity contribution in [2.45, 2.75) is 50.5 Å². The number of methoxy groups -OCH3 is 2. The molecule has 13 heteroatoms. The molecule has 2 aromatic carbocycles. The predicted molar refractivity (Wildman–Crippen MR) is 146 cm³/mol. The van der Waals surface area contributed by atoms with E-state index in [0.717, 1.165) is 73.0 Å². The Kier molecular flexibility index (Phi) is 11.0. The van der Waals surface area contributed by atoms with Crippen LogP contribution < -0.4 is 9.47 Å². The van der Waals surface area contributed by atoms with Crippen LogP contribution in [0.2, 0.25) is 0 Å². The fraction of sp³-hybridized carbons (Fsp3) is 0.429. The second kappa shape index (κ2) is 14.4. The van der Waals surface area contributed by atoms with Crippen LogP contribution in [0.3, 0.4) is 0 Å². The van der Waals surface area contributed by atoms with Gasteiger partial charge in [0.15, 0.2) is 5.60 Å². The van der Waals surface area contributed by atoms with Gasteiger partial charge in [0.25, 0.3) is 0 Å². The number of hydrogen-bond donors (Lipinski definition) is 5. The molecular weight excluding hydrogens is 538 g/mol. The second-order valence-corrected chi connectivity index (χ2v) is 9.66. The topological polar surface area (TPSA) is 192 Å². The summed E-state index contributed by atoms with van der Waals surface area (Å²) in [5.74, 6) is -2.42. The minimum atomic E-state index is -2.74. The number of aromatic nitrogens is 2. The number of carbonyl (C=O) groups is 3. The maximum atomic E-state index is 10.3. The first-order valence-corrected chi connectivity index (χ1v) is 12.9. The molecule has 5 N–H and O–H groups in total. The number of carboxylic acids is 3. The van der Waals surface area contributed by atoms with Crippen molar-refractivity contribution in [3.05, 3.63) is 53.9 Å². The Hall–Kier alpha value is -4.20. The third kappa shape index (κ3) is 9.17. The van der Waals surface area contributed by atoms with E-state index in [1.165, 1.54) is 0 Å². The van der Waals surface area contributed by atoms with E-state index in [4.69, 9.17) is 39.6 Å². The maximum absolute atomic E-state index is 10.3. The van der Waals surface area contributed by atoms with Crippen LogP contribution in [0.25, 0.3) is 11.0 Å². The molecule has 0 amide bonds. The molecule has 1 aliphatic heterocycles. The number of carboxylic acid groups (broad SMARTS) is 3. The van der Waals surface area contributed by atoms with Crippen molar-refractivity contribution in [2.75, 3.05) is 27.4 Å². The summed E-state index contributed by atoms with van der Waals surface area (Å²) in [6, 6.07) is 14.1. The van der Waals surface area contributed by atoms with Gasteiger partial charge in [-0.3, -0.25) is 14.5 Å². The van der Waals surface area contributed by atoms with Crippen molar-refractivity contribution >= 4 is 28.9 Å². The van der Waals surface area contributed by atoms with Crippen molar-refractivity contribution in [3.63, 3.8) is 0 Å². The number of imidazole rings is 1. The van der Waals surface area contributed by atoms with E-state index in [1.54, 1.807) is 14.2 Å². The lowest BCUT2D eigenvalue weighted by atomic mass is 9.96. The molecular formula is C28H35N3O10. The number of H-pyrrole nitrogens is 1. The maximum Gasteiger partial charge on any atom is 0.336 e. The zero-order valence-corrected chi connectivity index (χ0v) is 22.9. The zero-order chi connectivity index (χ0) is 30.0. The normalized spacial score (nSPS) is 14.9. The molecule has 222 valence electrons. The first-order valence-electron chi connectivity index (χ1n) is 12.9. The molecule has 3 aromatic rings. The summed E-state index contributed by atoms with van der Waals surface area (Å²) in [7, 11) is 3.36. The lowest BCUT2D eigenvalue weighted by Gasteiger charge is -2.25. The highest BCUT2D eigenvalue weighted by Crippen LogP contribution is 2.27. The van der Waals surface area contributed by atoms with Crippen molar-refractivity contribution in [1.29, 1.82) is 0 Å². The number of nitrogens with one attached hydrogen (secondary N) is 1. The quantitative estimate of drug-likeness (QED) is 0.201. The van der Waals surface area contributed by atoms with Crippen LogP contribution >= 0.6 is 0 Å². The summed E-state index contributed by atoms with van der Waals surface area (Å²) in [4.78, 5) is 41.0. The molecule has 0 bridgehead atoms. The van der Waals surface area contributed by atoms with Crippen LogP contribution in [-0.2, 0) is 32.2 Å². The van der Waals surface area contributed by atoms with E-state index < -0.39 is 36.4 Å². The molecule has 1 unspecified atom stereocenters. The van der Waals surface area contributed by atoms with Gasteiger partial charge in [-0.2, -0.15) is 0 Å². The summed E-state index contributed by atoms with van der Waals surface area (Å²) < 4.78 is 16.8. The average molecular weight is 574 g/mol. The fourth-order valence-electron chi connectivity index (χ4n) is 4.49. The van der Waals surface area contributed by atoms with E-state index in [2.05, 4.69) is 22.0 Å². The first-order chi connectivity index (χ1) is 19.5. The highest BCUT2D eigenvalue weighted by molar-refractivity contribution is 5.88. The number of benzene rings is 2. The Morgan fingerprint density at radius 2 is 1.76 bits per heavy atom. The van der Waals surface area contributed by atoms with E-state index >= 15 is 0 Å². The second-order valence-electron chi connectivity index (χ2n) is 9.66. The van der Waals surface area contributed by atoms with Crippen LogP contribution in [0.5, 0.6) is 11.5 Å². The van der Waals surface area contributed by atoms with Crippen LogP contribution in [0.15, 0.2) is 42.5 Å². The van der Waals surface area contributed by atoms with Gasteiger partial charge in [-0.15, -0.1) is 0 Å². The number of aliphatic carboxylic acids is 3. The lowest BCUT2D eigenvalue weighted by Crippen LogP contribution is -2.42. The fourth-order valence-corrected chi connectivity index (χ4v) is 4.49. The van der Waals surface area contributed by atoms with Crippen LogP contribution in [0.1, 0.15) is 37.1 Å². The molecule has 1 atom stereocenters. The molecule has 1 fully saturated rings. The summed E-state index contributed by atoms with van der Waals surface area (Å²) in [6.07, 6.45) is 0.225. The third-order valence-corrected chi connectivity index (χ3v) is 6.47. The van der Waals surface area contributed by atoms with E-state index in [-0.39, 0.29) is 6.10 Å². The minimum absolute atomic E-state index is 0.272. The first kappa shape index (κ1) is 31.3. The van der Waals surface area contributed by atoms with E-state index in [1.807, 2.05) is 30.3 Å². The largest absolute Gasteiger partial charge is 0.497 e. The Bertz CT molecular complexity index is 1290. The number of aliphatic hydroxyl groups is 1. The molecule has 4 rings (SSSR count). The Morgan fingerprint density at radius 1 is 1.05 bits per heavy atom. The summed E-state index contributed by atoms with van der Waals surface area (Å²) in [6.45, 7) is 3.20. The van der Waals surface area contributed by atoms with Crippen molar-refractivity contribution in [2.24, 2.45) is 0 Å². The number of aromatic amines is 1. The molecule has 0 saturated carbocycles. The van der Waals surface area contributed by atoms with Crippen LogP contribution in [0.4, 0.5) is 0 Å². The zero-order valence-electron chi connectivity index (χ0n) is 22.9. The molecule has 0 spiro atoms. The highest BCUT2D eigenvalue weighted by atomic mass is 16.5. The average Bonchev–Trinajstić information content (AvgIpc) is 3.57. The number of ether oxygens (including phenoxy) is 3. The Morgan fingerprint density at radius 3 is 2.32 bits per heavy atom. The predicted octanol–water partition coefficient (Wildman–Crippen LogP) is 2.51. The summed E-state index contributed by atoms with van der Waals surface area (Å²) >= 11 is 0. The van der Waals surface area contributed by atoms with Gasteiger partial charge in [-0.05, 0) is 31.0 Å². The molecule has 41 heavy (non-hydrogen) atoms. The van der Waals surface area contributed by atoms with Gasteiger partial charge in [0.05, 0.1) is 50.7 Å². The SMILES string of the molecule is COc1ccc(CN(Cc2nc3ccccc3[nH]2)CC2CCCO2)c(OC)c1.O=C(O)CC(O)(CC(=O)O)C(=O)O. The monoisotopic (exact) mass is 573 g/mol. The number of para-hydroxylation sites is 2. The number of rotatable bonds is 13. The Labute approximate surface area is 236 Å². The number of fused-ring (bicyclic) bond motifs is 1. The van der Waals surface area contributed by atoms with Crippen LogP contribution in [0, 0.1) is 0 Å². The van der Waals surface area contributed by atoms with Crippen molar-refractivity contribution in [1.82, 2.24) is 14.9 Å². The van der Waals surface area contributed by atoms with Gasteiger partial charge in [-0.1, -0.05) is 18.2 Å². The summed E-state index contributed by atoms with van der Waals surface area (Å²) in [5.41, 5.74) is 0.447. The van der Waals surface area contributed by atoms with Gasteiger partial charge >= 0.3 is 17.9 Å². The van der Waals surface area contributed by atoms with Gasteiger partial charge in [-0.25, -0.2) is 9.78 Å². The molecule has 2 heterocycles. The van der Waals surface area contributed by atoms with Crippen LogP contribution in [-0.4, -0.2) is 92.3 Å². The smallest absolute Gasteiger partial charge is 0.336 e. The van der Waals surface area contributed by atoms with E-state index in [0.29, 0.717) is 0 Å². The van der Waals surface area contributed by atoms with E-state index in [9.17, 15) is 14.4 Å². The third-order valence-electron chi connectivity index (χ3n) is 6.47. The number of nitrogens with zero attached hydrogens (tertiary/aromatic N) is 2. The molecule has 1 saturated heterocycles. The van der Waals surface area contributed by atoms with Gasteiger partial charge in [0.1, 0.15) is 17.3 Å². The van der Waals surface area contributed by atoms with Gasteiger partial charge in [0, 0.05) is 31.3 Å². The number of hydrogen-bond acceptors (Lipinski definition) is 9. The molecule has 13 nitrogen and oxygen atoms in total. The summed E-state index contributed by atoms with van der Waals surface area (Å²) in [5, 5.41) is 33.8. The van der Waals surface area contributed by atoms with Gasteiger partial charge in [0.2, 0.25) is 0 Å². The standard InChI is InChI=1S/C22H27N3O3.C6H8O7/c1-26-17-10-9-16(21(12-17)27-2)13-25(14-18-6-5-11-28-18)15-22-23-19-7-3-4-8-20(19)24-22;7-3(8)1-6(13,5(11)12)2-4(9)10/h3-4,7-10,12,18H,5-6,11,13-15H2,1-2H3,(H,23,24);13H,1-2H2,(H,7,8)(H,9,10)(H,11,12).